The number of carbonyl (C=O) groups excluding carboxylic acids is 4. The number of para-hydroxylation sites is 1. The van der Waals surface area contributed by atoms with E-state index in [0.29, 0.717) is 22.4 Å². The van der Waals surface area contributed by atoms with E-state index in [0.717, 1.165) is 43.7 Å². The van der Waals surface area contributed by atoms with Gasteiger partial charge in [-0.1, -0.05) is 37.1 Å². The maximum absolute atomic E-state index is 13.0. The van der Waals surface area contributed by atoms with Gasteiger partial charge in [0, 0.05) is 26.1 Å². The van der Waals surface area contributed by atoms with Crippen LogP contribution >= 0.6 is 0 Å². The van der Waals surface area contributed by atoms with Crippen molar-refractivity contribution in [3.05, 3.63) is 65.2 Å². The number of amides is 4. The second-order valence-electron chi connectivity index (χ2n) is 7.86. The van der Waals surface area contributed by atoms with Crippen molar-refractivity contribution in [1.82, 2.24) is 9.80 Å². The first-order valence-electron chi connectivity index (χ1n) is 10.7. The molecule has 0 aromatic heterocycles. The van der Waals surface area contributed by atoms with E-state index in [4.69, 9.17) is 0 Å². The van der Waals surface area contributed by atoms with Crippen LogP contribution in [0.25, 0.3) is 0 Å². The number of hydrogen-bond acceptors (Lipinski definition) is 4. The van der Waals surface area contributed by atoms with Gasteiger partial charge in [0.25, 0.3) is 17.7 Å². The van der Waals surface area contributed by atoms with Gasteiger partial charge in [0.05, 0.1) is 22.4 Å². The van der Waals surface area contributed by atoms with Crippen LogP contribution in [0.15, 0.2) is 48.5 Å². The summed E-state index contributed by atoms with van der Waals surface area (Å²) in [6, 6.07) is 13.6. The van der Waals surface area contributed by atoms with Gasteiger partial charge in [-0.3, -0.25) is 24.1 Å². The molecule has 2 aromatic carbocycles. The second kappa shape index (κ2) is 9.12. The molecule has 2 aliphatic heterocycles. The van der Waals surface area contributed by atoms with Gasteiger partial charge in [0.15, 0.2) is 0 Å². The van der Waals surface area contributed by atoms with Gasteiger partial charge < -0.3 is 10.2 Å². The highest BCUT2D eigenvalue weighted by Crippen LogP contribution is 2.23. The van der Waals surface area contributed by atoms with E-state index >= 15 is 0 Å². The molecule has 0 radical (unpaired) electrons. The molecule has 160 valence electrons. The minimum atomic E-state index is -0.384. The van der Waals surface area contributed by atoms with Crippen molar-refractivity contribution in [2.75, 3.05) is 25.0 Å². The van der Waals surface area contributed by atoms with Crippen molar-refractivity contribution in [2.24, 2.45) is 0 Å². The lowest BCUT2D eigenvalue weighted by molar-refractivity contribution is -0.116. The highest BCUT2D eigenvalue weighted by Gasteiger charge is 2.35. The molecule has 2 aromatic rings. The number of rotatable bonds is 5. The van der Waals surface area contributed by atoms with Crippen LogP contribution in [0.3, 0.4) is 0 Å². The Morgan fingerprint density at radius 3 is 2.03 bits per heavy atom. The van der Waals surface area contributed by atoms with Gasteiger partial charge in [-0.2, -0.15) is 0 Å². The van der Waals surface area contributed by atoms with Crippen molar-refractivity contribution >= 4 is 29.3 Å². The zero-order valence-corrected chi connectivity index (χ0v) is 17.3. The van der Waals surface area contributed by atoms with Gasteiger partial charge in [0.2, 0.25) is 5.91 Å². The number of likely N-dealkylation sites (tertiary alicyclic amines) is 1. The second-order valence-corrected chi connectivity index (χ2v) is 7.86. The Kier molecular flexibility index (Phi) is 6.11. The Balaban J connectivity index is 1.40. The van der Waals surface area contributed by atoms with Gasteiger partial charge >= 0.3 is 0 Å². The quantitative estimate of drug-likeness (QED) is 0.753. The van der Waals surface area contributed by atoms with Gasteiger partial charge in [0.1, 0.15) is 0 Å². The first kappa shape index (κ1) is 20.8. The Labute approximate surface area is 181 Å². The lowest BCUT2D eigenvalue weighted by Gasteiger charge is -2.22. The summed E-state index contributed by atoms with van der Waals surface area (Å²) in [4.78, 5) is 53.4. The number of nitrogens with zero attached hydrogens (tertiary/aromatic N) is 2. The highest BCUT2D eigenvalue weighted by molar-refractivity contribution is 6.21. The zero-order chi connectivity index (χ0) is 21.8. The van der Waals surface area contributed by atoms with Crippen molar-refractivity contribution in [3.8, 4) is 0 Å². The minimum absolute atomic E-state index is 0.0135. The molecule has 0 atom stereocenters. The molecule has 4 amide bonds. The SMILES string of the molecule is O=C(CCN1C(=O)c2ccccc2C1=O)Nc1ccccc1C(=O)N1CCCCCC1. The largest absolute Gasteiger partial charge is 0.339 e. The summed E-state index contributed by atoms with van der Waals surface area (Å²) in [7, 11) is 0. The van der Waals surface area contributed by atoms with Crippen molar-refractivity contribution in [1.29, 1.82) is 0 Å². The van der Waals surface area contributed by atoms with E-state index < -0.39 is 0 Å². The number of hydrogen-bond donors (Lipinski definition) is 1. The molecule has 1 fully saturated rings. The highest BCUT2D eigenvalue weighted by atomic mass is 16.2. The topological polar surface area (TPSA) is 86.8 Å². The third-order valence-electron chi connectivity index (χ3n) is 5.77. The van der Waals surface area contributed by atoms with Crippen LogP contribution in [0, 0.1) is 0 Å². The number of imide groups is 1. The van der Waals surface area contributed by atoms with Crippen LogP contribution in [-0.2, 0) is 4.79 Å². The van der Waals surface area contributed by atoms with Gasteiger partial charge in [-0.25, -0.2) is 0 Å². The van der Waals surface area contributed by atoms with Crippen LogP contribution in [-0.4, -0.2) is 53.1 Å². The Bertz CT molecular complexity index is 990. The lowest BCUT2D eigenvalue weighted by Crippen LogP contribution is -2.34. The van der Waals surface area contributed by atoms with Crippen molar-refractivity contribution in [2.45, 2.75) is 32.1 Å². The fourth-order valence-electron chi connectivity index (χ4n) is 4.09. The van der Waals surface area contributed by atoms with Crippen molar-refractivity contribution < 1.29 is 19.2 Å². The number of fused-ring (bicyclic) bond motifs is 1. The third kappa shape index (κ3) is 4.35. The molecule has 0 bridgehead atoms. The first-order chi connectivity index (χ1) is 15.1. The van der Waals surface area contributed by atoms with Gasteiger partial charge in [-0.05, 0) is 37.1 Å². The maximum atomic E-state index is 13.0. The van der Waals surface area contributed by atoms with Gasteiger partial charge in [-0.15, -0.1) is 0 Å². The predicted octanol–water partition coefficient (Wildman–Crippen LogP) is 3.33. The van der Waals surface area contributed by atoms with Crippen LogP contribution in [0.4, 0.5) is 5.69 Å². The zero-order valence-electron chi connectivity index (χ0n) is 17.3. The summed E-state index contributed by atoms with van der Waals surface area (Å²) >= 11 is 0. The average molecular weight is 419 g/mol. The molecule has 7 nitrogen and oxygen atoms in total. The molecular weight excluding hydrogens is 394 g/mol. The summed E-state index contributed by atoms with van der Waals surface area (Å²) < 4.78 is 0. The molecule has 0 unspecified atom stereocenters. The Morgan fingerprint density at radius 2 is 1.39 bits per heavy atom. The fourth-order valence-corrected chi connectivity index (χ4v) is 4.09. The van der Waals surface area contributed by atoms with Crippen LogP contribution in [0.2, 0.25) is 0 Å². The molecule has 31 heavy (non-hydrogen) atoms. The Morgan fingerprint density at radius 1 is 0.806 bits per heavy atom. The molecule has 0 spiro atoms. The number of anilines is 1. The summed E-state index contributed by atoms with van der Waals surface area (Å²) in [5, 5.41) is 2.79. The van der Waals surface area contributed by atoms with Crippen LogP contribution in [0.5, 0.6) is 0 Å². The number of carbonyl (C=O) groups is 4. The summed E-state index contributed by atoms with van der Waals surface area (Å²) in [6.45, 7) is 1.43. The summed E-state index contributed by atoms with van der Waals surface area (Å²) in [6.07, 6.45) is 4.18. The smallest absolute Gasteiger partial charge is 0.261 e. The first-order valence-corrected chi connectivity index (χ1v) is 10.7. The number of nitrogens with one attached hydrogen (secondary N) is 1. The molecule has 2 heterocycles. The van der Waals surface area contributed by atoms with E-state index in [9.17, 15) is 19.2 Å². The standard InChI is InChI=1S/C24H25N3O4/c28-21(13-16-27-23(30)17-9-3-4-10-18(17)24(27)31)25-20-12-6-5-11-19(20)22(29)26-14-7-1-2-8-15-26/h3-6,9-12H,1-2,7-8,13-16H2,(H,25,28). The fraction of sp³-hybridized carbons (Fsp3) is 0.333. The summed E-state index contributed by atoms with van der Waals surface area (Å²) in [5.74, 6) is -1.21. The molecular formula is C24H25N3O4. The molecule has 4 rings (SSSR count). The molecule has 7 heteroatoms. The normalized spacial score (nSPS) is 16.1. The van der Waals surface area contributed by atoms with E-state index in [1.165, 1.54) is 0 Å². The lowest BCUT2D eigenvalue weighted by atomic mass is 10.1. The molecule has 2 aliphatic rings. The maximum Gasteiger partial charge on any atom is 0.261 e. The van der Waals surface area contributed by atoms with Crippen LogP contribution < -0.4 is 5.32 Å². The predicted molar refractivity (Wildman–Crippen MR) is 116 cm³/mol. The molecule has 0 saturated carbocycles. The average Bonchev–Trinajstić information content (AvgIpc) is 2.97. The Hall–Kier alpha value is -3.48. The van der Waals surface area contributed by atoms with E-state index in [2.05, 4.69) is 5.32 Å². The molecule has 1 N–H and O–H groups in total. The monoisotopic (exact) mass is 419 g/mol. The van der Waals surface area contributed by atoms with E-state index in [-0.39, 0.29) is 36.6 Å². The summed E-state index contributed by atoms with van der Waals surface area (Å²) in [5.41, 5.74) is 1.63. The molecule has 1 saturated heterocycles. The minimum Gasteiger partial charge on any atom is -0.339 e. The van der Waals surface area contributed by atoms with Crippen molar-refractivity contribution in [3.63, 3.8) is 0 Å². The third-order valence-corrected chi connectivity index (χ3v) is 5.77. The number of benzene rings is 2. The van der Waals surface area contributed by atoms with Crippen LogP contribution in [0.1, 0.15) is 63.2 Å². The van der Waals surface area contributed by atoms with E-state index in [1.807, 2.05) is 4.90 Å². The van der Waals surface area contributed by atoms with E-state index in [1.54, 1.807) is 48.5 Å². The molecule has 0 aliphatic carbocycles.